The number of hydrogen-bond acceptors (Lipinski definition) is 6. The molecule has 1 aromatic heterocycles. The standard InChI is InChI=1S/C15H20N4O2/c1-3-8-21-15-13(16)14(18-10-19-15)17-9-11-6-4-5-7-12(11)20-2/h4-7,10H,3,8-9,16H2,1-2H3,(H,17,18,19). The van der Waals surface area contributed by atoms with Crippen LogP contribution in [0.15, 0.2) is 30.6 Å². The zero-order valence-corrected chi connectivity index (χ0v) is 12.3. The normalized spacial score (nSPS) is 10.2. The number of nitrogens with zero attached hydrogens (tertiary/aromatic N) is 2. The lowest BCUT2D eigenvalue weighted by Gasteiger charge is -2.13. The average molecular weight is 288 g/mol. The lowest BCUT2D eigenvalue weighted by Crippen LogP contribution is -2.09. The number of nitrogens with one attached hydrogen (secondary N) is 1. The van der Waals surface area contributed by atoms with E-state index in [0.29, 0.717) is 30.5 Å². The van der Waals surface area contributed by atoms with Gasteiger partial charge in [0.1, 0.15) is 17.8 Å². The molecule has 6 heteroatoms. The predicted octanol–water partition coefficient (Wildman–Crippen LogP) is 2.47. The van der Waals surface area contributed by atoms with E-state index in [0.717, 1.165) is 17.7 Å². The van der Waals surface area contributed by atoms with Crippen molar-refractivity contribution in [2.24, 2.45) is 0 Å². The van der Waals surface area contributed by atoms with Crippen LogP contribution >= 0.6 is 0 Å². The highest BCUT2D eigenvalue weighted by Crippen LogP contribution is 2.26. The maximum Gasteiger partial charge on any atom is 0.242 e. The predicted molar refractivity (Wildman–Crippen MR) is 82.6 cm³/mol. The molecule has 0 aliphatic carbocycles. The lowest BCUT2D eigenvalue weighted by atomic mass is 10.2. The van der Waals surface area contributed by atoms with E-state index in [2.05, 4.69) is 15.3 Å². The molecular weight excluding hydrogens is 268 g/mol. The summed E-state index contributed by atoms with van der Waals surface area (Å²) in [4.78, 5) is 8.19. The van der Waals surface area contributed by atoms with E-state index in [1.165, 1.54) is 6.33 Å². The molecular formula is C15H20N4O2. The molecule has 0 aliphatic rings. The van der Waals surface area contributed by atoms with Crippen LogP contribution < -0.4 is 20.5 Å². The Hall–Kier alpha value is -2.50. The number of para-hydroxylation sites is 1. The van der Waals surface area contributed by atoms with Crippen molar-refractivity contribution in [3.05, 3.63) is 36.2 Å². The number of nitrogens with two attached hydrogens (primary N) is 1. The fourth-order valence-electron chi connectivity index (χ4n) is 1.86. The third kappa shape index (κ3) is 3.75. The summed E-state index contributed by atoms with van der Waals surface area (Å²) >= 11 is 0. The Morgan fingerprint density at radius 1 is 1.24 bits per heavy atom. The minimum Gasteiger partial charge on any atom is -0.496 e. The molecule has 2 rings (SSSR count). The van der Waals surface area contributed by atoms with Crippen LogP contribution in [-0.2, 0) is 6.54 Å². The van der Waals surface area contributed by atoms with Crippen molar-refractivity contribution in [3.63, 3.8) is 0 Å². The van der Waals surface area contributed by atoms with Gasteiger partial charge >= 0.3 is 0 Å². The minimum atomic E-state index is 0.411. The molecule has 0 bridgehead atoms. The van der Waals surface area contributed by atoms with Crippen LogP contribution in [0.3, 0.4) is 0 Å². The van der Waals surface area contributed by atoms with Gasteiger partial charge in [-0.05, 0) is 12.5 Å². The zero-order valence-electron chi connectivity index (χ0n) is 12.3. The molecule has 0 aliphatic heterocycles. The quantitative estimate of drug-likeness (QED) is 0.814. The number of anilines is 2. The fourth-order valence-corrected chi connectivity index (χ4v) is 1.86. The summed E-state index contributed by atoms with van der Waals surface area (Å²) in [6.07, 6.45) is 2.33. The second kappa shape index (κ2) is 7.33. The van der Waals surface area contributed by atoms with E-state index in [1.807, 2.05) is 31.2 Å². The van der Waals surface area contributed by atoms with Crippen molar-refractivity contribution in [2.75, 3.05) is 24.8 Å². The number of rotatable bonds is 7. The third-order valence-electron chi connectivity index (χ3n) is 2.93. The van der Waals surface area contributed by atoms with Crippen LogP contribution in [-0.4, -0.2) is 23.7 Å². The summed E-state index contributed by atoms with van der Waals surface area (Å²) in [5, 5.41) is 3.18. The summed E-state index contributed by atoms with van der Waals surface area (Å²) < 4.78 is 10.8. The van der Waals surface area contributed by atoms with Gasteiger partial charge < -0.3 is 20.5 Å². The lowest BCUT2D eigenvalue weighted by molar-refractivity contribution is 0.306. The second-order valence-electron chi connectivity index (χ2n) is 4.45. The van der Waals surface area contributed by atoms with Crippen LogP contribution in [0.1, 0.15) is 18.9 Å². The number of aromatic nitrogens is 2. The zero-order chi connectivity index (χ0) is 15.1. The van der Waals surface area contributed by atoms with Crippen LogP contribution in [0.25, 0.3) is 0 Å². The van der Waals surface area contributed by atoms with Crippen LogP contribution in [0, 0.1) is 0 Å². The van der Waals surface area contributed by atoms with Gasteiger partial charge in [-0.15, -0.1) is 0 Å². The van der Waals surface area contributed by atoms with Crippen molar-refractivity contribution < 1.29 is 9.47 Å². The molecule has 0 saturated carbocycles. The molecule has 0 unspecified atom stereocenters. The van der Waals surface area contributed by atoms with E-state index in [9.17, 15) is 0 Å². The Morgan fingerprint density at radius 3 is 2.81 bits per heavy atom. The highest BCUT2D eigenvalue weighted by molar-refractivity contribution is 5.66. The SMILES string of the molecule is CCCOc1ncnc(NCc2ccccc2OC)c1N. The van der Waals surface area contributed by atoms with Crippen LogP contribution in [0.4, 0.5) is 11.5 Å². The molecule has 21 heavy (non-hydrogen) atoms. The Labute approximate surface area is 124 Å². The maximum atomic E-state index is 6.02. The molecule has 2 aromatic rings. The van der Waals surface area contributed by atoms with Crippen molar-refractivity contribution in [1.82, 2.24) is 9.97 Å². The molecule has 0 atom stereocenters. The summed E-state index contributed by atoms with van der Waals surface area (Å²) in [6, 6.07) is 7.78. The second-order valence-corrected chi connectivity index (χ2v) is 4.45. The first-order valence-corrected chi connectivity index (χ1v) is 6.85. The largest absolute Gasteiger partial charge is 0.496 e. The van der Waals surface area contributed by atoms with Gasteiger partial charge in [-0.25, -0.2) is 4.98 Å². The Kier molecular flexibility index (Phi) is 5.20. The molecule has 0 saturated heterocycles. The number of methoxy groups -OCH3 is 1. The van der Waals surface area contributed by atoms with Gasteiger partial charge in [0, 0.05) is 12.1 Å². The first-order chi connectivity index (χ1) is 10.3. The fraction of sp³-hybridized carbons (Fsp3) is 0.333. The van der Waals surface area contributed by atoms with Gasteiger partial charge in [0.25, 0.3) is 0 Å². The van der Waals surface area contributed by atoms with Gasteiger partial charge in [-0.3, -0.25) is 0 Å². The molecule has 3 N–H and O–H groups in total. The molecule has 1 aromatic carbocycles. The number of benzene rings is 1. The van der Waals surface area contributed by atoms with Crippen molar-refractivity contribution >= 4 is 11.5 Å². The number of nitrogen functional groups attached to an aromatic ring is 1. The van der Waals surface area contributed by atoms with E-state index in [-0.39, 0.29) is 0 Å². The van der Waals surface area contributed by atoms with Gasteiger partial charge in [-0.2, -0.15) is 4.98 Å². The van der Waals surface area contributed by atoms with Crippen LogP contribution in [0.5, 0.6) is 11.6 Å². The average Bonchev–Trinajstić information content (AvgIpc) is 2.53. The Morgan fingerprint density at radius 2 is 2.05 bits per heavy atom. The van der Waals surface area contributed by atoms with Crippen molar-refractivity contribution in [3.8, 4) is 11.6 Å². The van der Waals surface area contributed by atoms with E-state index < -0.39 is 0 Å². The van der Waals surface area contributed by atoms with E-state index in [1.54, 1.807) is 7.11 Å². The summed E-state index contributed by atoms with van der Waals surface area (Å²) in [6.45, 7) is 3.16. The van der Waals surface area contributed by atoms with E-state index >= 15 is 0 Å². The first kappa shape index (κ1) is 14.9. The molecule has 112 valence electrons. The van der Waals surface area contributed by atoms with Gasteiger partial charge in [-0.1, -0.05) is 25.1 Å². The summed E-state index contributed by atoms with van der Waals surface area (Å²) in [5.74, 6) is 1.79. The molecule has 0 spiro atoms. The Balaban J connectivity index is 2.09. The molecule has 0 fully saturated rings. The van der Waals surface area contributed by atoms with Crippen molar-refractivity contribution in [2.45, 2.75) is 19.9 Å². The van der Waals surface area contributed by atoms with Gasteiger partial charge in [0.15, 0.2) is 5.82 Å². The summed E-state index contributed by atoms with van der Waals surface area (Å²) in [7, 11) is 1.65. The first-order valence-electron chi connectivity index (χ1n) is 6.85. The smallest absolute Gasteiger partial charge is 0.242 e. The number of hydrogen-bond donors (Lipinski definition) is 2. The van der Waals surface area contributed by atoms with Crippen molar-refractivity contribution in [1.29, 1.82) is 0 Å². The highest BCUT2D eigenvalue weighted by Gasteiger charge is 2.09. The monoisotopic (exact) mass is 288 g/mol. The molecule has 0 amide bonds. The van der Waals surface area contributed by atoms with Gasteiger partial charge in [0.05, 0.1) is 13.7 Å². The van der Waals surface area contributed by atoms with Gasteiger partial charge in [0.2, 0.25) is 5.88 Å². The third-order valence-corrected chi connectivity index (χ3v) is 2.93. The summed E-state index contributed by atoms with van der Waals surface area (Å²) in [5.41, 5.74) is 7.45. The minimum absolute atomic E-state index is 0.411. The topological polar surface area (TPSA) is 82.3 Å². The van der Waals surface area contributed by atoms with Crippen LogP contribution in [0.2, 0.25) is 0 Å². The van der Waals surface area contributed by atoms with E-state index in [4.69, 9.17) is 15.2 Å². The highest BCUT2D eigenvalue weighted by atomic mass is 16.5. The molecule has 0 radical (unpaired) electrons. The molecule has 1 heterocycles. The molecule has 6 nitrogen and oxygen atoms in total. The maximum absolute atomic E-state index is 6.02. The number of ether oxygens (including phenoxy) is 2. The Bertz CT molecular complexity index is 590.